The molecular weight excluding hydrogens is 184 g/mol. The molecule has 2 unspecified atom stereocenters. The largest absolute Gasteiger partial charge is 0.395 e. The Morgan fingerprint density at radius 2 is 1.93 bits per heavy atom. The monoisotopic (exact) mass is 202 g/mol. The highest BCUT2D eigenvalue weighted by molar-refractivity contribution is 5.77. The first kappa shape index (κ1) is 11.3. The van der Waals surface area contributed by atoms with Gasteiger partial charge < -0.3 is 14.7 Å². The van der Waals surface area contributed by atoms with E-state index in [1.807, 2.05) is 13.8 Å². The first-order chi connectivity index (χ1) is 6.63. The van der Waals surface area contributed by atoms with Gasteiger partial charge in [0.2, 0.25) is 0 Å². The van der Waals surface area contributed by atoms with Crippen molar-refractivity contribution in [2.75, 3.05) is 27.0 Å². The van der Waals surface area contributed by atoms with Gasteiger partial charge >= 0.3 is 6.03 Å². The lowest BCUT2D eigenvalue weighted by Crippen LogP contribution is -2.36. The predicted molar refractivity (Wildman–Crippen MR) is 51.8 cm³/mol. The van der Waals surface area contributed by atoms with Crippen LogP contribution in [0.25, 0.3) is 0 Å². The second-order valence-electron chi connectivity index (χ2n) is 3.57. The lowest BCUT2D eigenvalue weighted by molar-refractivity contribution is 0.0757. The molecule has 1 aliphatic heterocycles. The van der Waals surface area contributed by atoms with Crippen molar-refractivity contribution in [1.29, 1.82) is 0 Å². The molecule has 2 atom stereocenters. The second kappa shape index (κ2) is 4.61. The number of rotatable bonds is 4. The zero-order valence-electron chi connectivity index (χ0n) is 8.93. The molecule has 0 aromatic rings. The van der Waals surface area contributed by atoms with Crippen molar-refractivity contribution >= 4 is 6.03 Å². The van der Waals surface area contributed by atoms with Crippen LogP contribution in [0.15, 0.2) is 0 Å². The summed E-state index contributed by atoms with van der Waals surface area (Å²) in [4.78, 5) is 15.1. The van der Waals surface area contributed by atoms with E-state index in [4.69, 9.17) is 9.84 Å². The van der Waals surface area contributed by atoms with Crippen molar-refractivity contribution in [3.05, 3.63) is 0 Å². The fourth-order valence-electron chi connectivity index (χ4n) is 1.75. The maximum Gasteiger partial charge on any atom is 0.322 e. The zero-order valence-corrected chi connectivity index (χ0v) is 8.93. The number of methoxy groups -OCH3 is 1. The Balaban J connectivity index is 2.69. The Morgan fingerprint density at radius 3 is 2.43 bits per heavy atom. The Morgan fingerprint density at radius 1 is 1.36 bits per heavy atom. The maximum atomic E-state index is 11.8. The number of aliphatic hydroxyl groups is 1. The van der Waals surface area contributed by atoms with E-state index in [0.717, 1.165) is 0 Å². The second-order valence-corrected chi connectivity index (χ2v) is 3.57. The minimum absolute atomic E-state index is 0.00359. The summed E-state index contributed by atoms with van der Waals surface area (Å²) in [6.07, 6.45) is 0. The van der Waals surface area contributed by atoms with Crippen LogP contribution >= 0.6 is 0 Å². The number of amides is 2. The van der Waals surface area contributed by atoms with E-state index in [1.165, 1.54) is 0 Å². The van der Waals surface area contributed by atoms with Crippen molar-refractivity contribution in [3.63, 3.8) is 0 Å². The molecule has 82 valence electrons. The number of aliphatic hydroxyl groups excluding tert-OH is 1. The average molecular weight is 202 g/mol. The molecule has 1 heterocycles. The van der Waals surface area contributed by atoms with E-state index >= 15 is 0 Å². The molecule has 0 radical (unpaired) electrons. The highest BCUT2D eigenvalue weighted by atomic mass is 16.5. The first-order valence-corrected chi connectivity index (χ1v) is 4.80. The van der Waals surface area contributed by atoms with Gasteiger partial charge in [0.15, 0.2) is 0 Å². The van der Waals surface area contributed by atoms with Crippen LogP contribution in [0.1, 0.15) is 13.8 Å². The van der Waals surface area contributed by atoms with Crippen LogP contribution in [0.4, 0.5) is 4.79 Å². The quantitative estimate of drug-likeness (QED) is 0.703. The number of hydrogen-bond donors (Lipinski definition) is 1. The van der Waals surface area contributed by atoms with E-state index in [2.05, 4.69) is 0 Å². The minimum atomic E-state index is -0.0547. The third-order valence-electron chi connectivity index (χ3n) is 2.78. The summed E-state index contributed by atoms with van der Waals surface area (Å²) >= 11 is 0. The van der Waals surface area contributed by atoms with Gasteiger partial charge in [0.05, 0.1) is 18.7 Å². The topological polar surface area (TPSA) is 53.0 Å². The molecule has 5 heteroatoms. The Hall–Kier alpha value is -0.810. The normalized spacial score (nSPS) is 27.6. The summed E-state index contributed by atoms with van der Waals surface area (Å²) in [5.41, 5.74) is 0. The summed E-state index contributed by atoms with van der Waals surface area (Å²) < 4.78 is 4.96. The van der Waals surface area contributed by atoms with E-state index in [0.29, 0.717) is 13.3 Å². The summed E-state index contributed by atoms with van der Waals surface area (Å²) in [5, 5.41) is 8.82. The van der Waals surface area contributed by atoms with Crippen molar-refractivity contribution in [1.82, 2.24) is 9.80 Å². The van der Waals surface area contributed by atoms with Crippen LogP contribution in [0, 0.1) is 0 Å². The van der Waals surface area contributed by atoms with E-state index in [1.54, 1.807) is 16.9 Å². The number of urea groups is 1. The van der Waals surface area contributed by atoms with Crippen molar-refractivity contribution in [2.24, 2.45) is 0 Å². The standard InChI is InChI=1S/C9H18N2O3/c1-7-8(2)11(6-14-3)9(13)10(7)4-5-12/h7-8,12H,4-6H2,1-3H3. The number of carbonyl (C=O) groups excluding carboxylic acids is 1. The van der Waals surface area contributed by atoms with Gasteiger partial charge in [0.1, 0.15) is 6.73 Å². The Labute approximate surface area is 84.2 Å². The molecule has 1 rings (SSSR count). The van der Waals surface area contributed by atoms with Gasteiger partial charge in [-0.2, -0.15) is 0 Å². The zero-order chi connectivity index (χ0) is 10.7. The lowest BCUT2D eigenvalue weighted by Gasteiger charge is -2.20. The molecule has 1 fully saturated rings. The SMILES string of the molecule is COCN1C(=O)N(CCO)C(C)C1C. The molecule has 5 nitrogen and oxygen atoms in total. The molecule has 14 heavy (non-hydrogen) atoms. The number of ether oxygens (including phenoxy) is 1. The van der Waals surface area contributed by atoms with Crippen LogP contribution in [-0.2, 0) is 4.74 Å². The number of β-amino-alcohol motifs (C(OH)–C–C–N with tert-alkyl or cyclic N) is 1. The van der Waals surface area contributed by atoms with Crippen molar-refractivity contribution in [3.8, 4) is 0 Å². The smallest absolute Gasteiger partial charge is 0.322 e. The van der Waals surface area contributed by atoms with Gasteiger partial charge in [-0.15, -0.1) is 0 Å². The molecule has 0 bridgehead atoms. The Kier molecular flexibility index (Phi) is 3.71. The average Bonchev–Trinajstić information content (AvgIpc) is 2.36. The molecule has 0 aromatic carbocycles. The van der Waals surface area contributed by atoms with Gasteiger partial charge in [-0.25, -0.2) is 4.79 Å². The molecule has 1 saturated heterocycles. The Bertz CT molecular complexity index is 190. The van der Waals surface area contributed by atoms with Crippen molar-refractivity contribution < 1.29 is 14.6 Å². The van der Waals surface area contributed by atoms with Crippen molar-refractivity contribution in [2.45, 2.75) is 25.9 Å². The highest BCUT2D eigenvalue weighted by Gasteiger charge is 2.39. The highest BCUT2D eigenvalue weighted by Crippen LogP contribution is 2.21. The number of carbonyl (C=O) groups is 1. The van der Waals surface area contributed by atoms with Crippen LogP contribution in [-0.4, -0.2) is 60.0 Å². The fraction of sp³-hybridized carbons (Fsp3) is 0.889. The summed E-state index contributed by atoms with van der Waals surface area (Å²) in [6.45, 7) is 4.67. The van der Waals surface area contributed by atoms with Crippen LogP contribution in [0.5, 0.6) is 0 Å². The summed E-state index contributed by atoms with van der Waals surface area (Å²) in [6, 6.07) is 0.208. The summed E-state index contributed by atoms with van der Waals surface area (Å²) in [5.74, 6) is 0. The lowest BCUT2D eigenvalue weighted by atomic mass is 10.2. The molecule has 0 saturated carbocycles. The third-order valence-corrected chi connectivity index (χ3v) is 2.78. The van der Waals surface area contributed by atoms with Crippen LogP contribution in [0.3, 0.4) is 0 Å². The third kappa shape index (κ3) is 1.83. The van der Waals surface area contributed by atoms with Gasteiger partial charge in [-0.3, -0.25) is 4.90 Å². The first-order valence-electron chi connectivity index (χ1n) is 4.80. The minimum Gasteiger partial charge on any atom is -0.395 e. The van der Waals surface area contributed by atoms with E-state index in [9.17, 15) is 4.79 Å². The summed E-state index contributed by atoms with van der Waals surface area (Å²) in [7, 11) is 1.57. The molecule has 1 aliphatic rings. The van der Waals surface area contributed by atoms with E-state index in [-0.39, 0.29) is 24.7 Å². The van der Waals surface area contributed by atoms with E-state index < -0.39 is 0 Å². The molecule has 2 amide bonds. The van der Waals surface area contributed by atoms with Gasteiger partial charge in [-0.05, 0) is 13.8 Å². The number of nitrogens with zero attached hydrogens (tertiary/aromatic N) is 2. The maximum absolute atomic E-state index is 11.8. The predicted octanol–water partition coefficient (Wildman–Crippen LogP) is 0.0972. The van der Waals surface area contributed by atoms with Crippen LogP contribution in [0.2, 0.25) is 0 Å². The molecule has 0 spiro atoms. The molecular formula is C9H18N2O3. The van der Waals surface area contributed by atoms with Gasteiger partial charge in [0, 0.05) is 13.7 Å². The molecule has 0 aromatic heterocycles. The van der Waals surface area contributed by atoms with Gasteiger partial charge in [-0.1, -0.05) is 0 Å². The van der Waals surface area contributed by atoms with Crippen LogP contribution < -0.4 is 0 Å². The molecule has 0 aliphatic carbocycles. The number of hydrogen-bond acceptors (Lipinski definition) is 3. The fourth-order valence-corrected chi connectivity index (χ4v) is 1.75. The molecule has 1 N–H and O–H groups in total. The van der Waals surface area contributed by atoms with Gasteiger partial charge in [0.25, 0.3) is 0 Å².